The first-order valence-electron chi connectivity index (χ1n) is 9.39. The molecular weight excluding hydrogens is 412 g/mol. The monoisotopic (exact) mass is 432 g/mol. The van der Waals surface area contributed by atoms with Crippen LogP contribution in [0, 0.1) is 6.92 Å². The SMILES string of the molecule is Cc1cccc2c1nc1n(-c3cc(C(C)(C)C)ccn3)c3cc(Br)ccc3n21. The smallest absolute Gasteiger partial charge is 0.221 e. The van der Waals surface area contributed by atoms with E-state index in [9.17, 15) is 0 Å². The molecule has 0 spiro atoms. The summed E-state index contributed by atoms with van der Waals surface area (Å²) in [5.74, 6) is 1.77. The molecule has 0 saturated carbocycles. The van der Waals surface area contributed by atoms with Gasteiger partial charge in [0, 0.05) is 10.7 Å². The number of rotatable bonds is 1. The number of halogens is 1. The summed E-state index contributed by atoms with van der Waals surface area (Å²) in [5, 5.41) is 0. The standard InChI is InChI=1S/C23H21BrN4/c1-14-6-5-7-18-21(14)26-22-27(18)17-9-8-16(24)13-19(17)28(22)20-12-15(10-11-25-20)23(2,3)4/h5-13H,1-4H3. The molecule has 5 aromatic rings. The van der Waals surface area contributed by atoms with Crippen LogP contribution in [-0.4, -0.2) is 18.9 Å². The highest BCUT2D eigenvalue weighted by molar-refractivity contribution is 9.10. The lowest BCUT2D eigenvalue weighted by Gasteiger charge is -2.19. The second kappa shape index (κ2) is 5.92. The molecule has 0 bridgehead atoms. The van der Waals surface area contributed by atoms with Crippen molar-refractivity contribution in [2.24, 2.45) is 0 Å². The number of pyridine rings is 1. The summed E-state index contributed by atoms with van der Waals surface area (Å²) in [6, 6.07) is 16.9. The summed E-state index contributed by atoms with van der Waals surface area (Å²) >= 11 is 3.63. The summed E-state index contributed by atoms with van der Waals surface area (Å²) < 4.78 is 5.43. The molecular formula is C23H21BrN4. The Morgan fingerprint density at radius 3 is 2.54 bits per heavy atom. The van der Waals surface area contributed by atoms with Crippen LogP contribution in [0.3, 0.4) is 0 Å². The van der Waals surface area contributed by atoms with Crippen molar-refractivity contribution < 1.29 is 0 Å². The first-order chi connectivity index (χ1) is 13.3. The number of hydrogen-bond acceptors (Lipinski definition) is 2. The Kier molecular flexibility index (Phi) is 3.68. The van der Waals surface area contributed by atoms with Gasteiger partial charge in [-0.1, -0.05) is 48.8 Å². The number of hydrogen-bond donors (Lipinski definition) is 0. The van der Waals surface area contributed by atoms with Crippen molar-refractivity contribution >= 4 is 43.8 Å². The minimum atomic E-state index is 0.0498. The Morgan fingerprint density at radius 2 is 1.75 bits per heavy atom. The van der Waals surface area contributed by atoms with Crippen LogP contribution in [0.5, 0.6) is 0 Å². The summed E-state index contributed by atoms with van der Waals surface area (Å²) in [7, 11) is 0. The highest BCUT2D eigenvalue weighted by atomic mass is 79.9. The van der Waals surface area contributed by atoms with Gasteiger partial charge < -0.3 is 0 Å². The summed E-state index contributed by atoms with van der Waals surface area (Å²) in [6.45, 7) is 8.77. The van der Waals surface area contributed by atoms with E-state index < -0.39 is 0 Å². The lowest BCUT2D eigenvalue weighted by atomic mass is 9.88. The van der Waals surface area contributed by atoms with Crippen LogP contribution in [0.4, 0.5) is 0 Å². The normalized spacial score (nSPS) is 12.5. The quantitative estimate of drug-likeness (QED) is 0.316. The molecule has 0 saturated heterocycles. The van der Waals surface area contributed by atoms with Gasteiger partial charge in [0.25, 0.3) is 0 Å². The van der Waals surface area contributed by atoms with E-state index in [1.54, 1.807) is 0 Å². The molecule has 0 amide bonds. The number of nitrogens with zero attached hydrogens (tertiary/aromatic N) is 4. The first kappa shape index (κ1) is 17.4. The van der Waals surface area contributed by atoms with Crippen molar-refractivity contribution in [2.45, 2.75) is 33.1 Å². The molecule has 5 heteroatoms. The minimum absolute atomic E-state index is 0.0498. The molecule has 0 radical (unpaired) electrons. The van der Waals surface area contributed by atoms with Crippen molar-refractivity contribution in [1.29, 1.82) is 0 Å². The van der Waals surface area contributed by atoms with E-state index in [-0.39, 0.29) is 5.41 Å². The number of aromatic nitrogens is 4. The second-order valence-electron chi connectivity index (χ2n) is 8.31. The molecule has 0 N–H and O–H groups in total. The minimum Gasteiger partial charge on any atom is -0.276 e. The zero-order valence-corrected chi connectivity index (χ0v) is 17.9. The van der Waals surface area contributed by atoms with E-state index in [1.165, 1.54) is 11.1 Å². The van der Waals surface area contributed by atoms with Gasteiger partial charge >= 0.3 is 0 Å². The molecule has 0 aliphatic heterocycles. The van der Waals surface area contributed by atoms with Gasteiger partial charge in [-0.3, -0.25) is 8.97 Å². The second-order valence-corrected chi connectivity index (χ2v) is 9.23. The average molecular weight is 433 g/mol. The van der Waals surface area contributed by atoms with Crippen molar-refractivity contribution in [1.82, 2.24) is 18.9 Å². The van der Waals surface area contributed by atoms with Gasteiger partial charge in [-0.15, -0.1) is 0 Å². The Balaban J connectivity index is 1.96. The fourth-order valence-electron chi connectivity index (χ4n) is 3.82. The third kappa shape index (κ3) is 2.49. The van der Waals surface area contributed by atoms with Crippen LogP contribution in [0.2, 0.25) is 0 Å². The zero-order chi connectivity index (χ0) is 19.6. The maximum Gasteiger partial charge on any atom is 0.221 e. The van der Waals surface area contributed by atoms with E-state index in [1.807, 2.05) is 6.20 Å². The third-order valence-electron chi connectivity index (χ3n) is 5.33. The van der Waals surface area contributed by atoms with Crippen LogP contribution in [0.15, 0.2) is 59.2 Å². The molecule has 3 aromatic heterocycles. The van der Waals surface area contributed by atoms with Crippen molar-refractivity contribution in [3.63, 3.8) is 0 Å². The molecule has 0 fully saturated rings. The van der Waals surface area contributed by atoms with Crippen LogP contribution in [-0.2, 0) is 5.41 Å². The number of aryl methyl sites for hydroxylation is 1. The summed E-state index contributed by atoms with van der Waals surface area (Å²) in [6.07, 6.45) is 1.89. The van der Waals surface area contributed by atoms with E-state index >= 15 is 0 Å². The Labute approximate surface area is 172 Å². The number of para-hydroxylation sites is 1. The number of fused-ring (bicyclic) bond motifs is 5. The summed E-state index contributed by atoms with van der Waals surface area (Å²) in [4.78, 5) is 9.73. The van der Waals surface area contributed by atoms with E-state index in [2.05, 4.69) is 101 Å². The molecule has 0 atom stereocenters. The molecule has 0 unspecified atom stereocenters. The van der Waals surface area contributed by atoms with Crippen LogP contribution < -0.4 is 0 Å². The largest absolute Gasteiger partial charge is 0.276 e. The van der Waals surface area contributed by atoms with Gasteiger partial charge in [0.2, 0.25) is 5.78 Å². The lowest BCUT2D eigenvalue weighted by Crippen LogP contribution is -2.12. The average Bonchev–Trinajstić information content (AvgIpc) is 3.16. The van der Waals surface area contributed by atoms with Gasteiger partial charge in [0.05, 0.1) is 22.1 Å². The molecule has 2 aromatic carbocycles. The van der Waals surface area contributed by atoms with E-state index in [0.717, 1.165) is 38.1 Å². The fourth-order valence-corrected chi connectivity index (χ4v) is 4.17. The maximum atomic E-state index is 5.02. The van der Waals surface area contributed by atoms with Crippen LogP contribution in [0.1, 0.15) is 31.9 Å². The highest BCUT2D eigenvalue weighted by Gasteiger charge is 2.20. The molecule has 140 valence electrons. The Hall–Kier alpha value is -2.66. The first-order valence-corrected chi connectivity index (χ1v) is 10.2. The van der Waals surface area contributed by atoms with Gasteiger partial charge in [-0.25, -0.2) is 9.97 Å². The Morgan fingerprint density at radius 1 is 0.929 bits per heavy atom. The maximum absolute atomic E-state index is 5.02. The highest BCUT2D eigenvalue weighted by Crippen LogP contribution is 2.32. The van der Waals surface area contributed by atoms with Crippen molar-refractivity contribution in [3.05, 3.63) is 70.3 Å². The zero-order valence-electron chi connectivity index (χ0n) is 16.4. The molecule has 0 aliphatic carbocycles. The van der Waals surface area contributed by atoms with Gasteiger partial charge in [0.15, 0.2) is 0 Å². The predicted molar refractivity (Wildman–Crippen MR) is 118 cm³/mol. The third-order valence-corrected chi connectivity index (χ3v) is 5.82. The van der Waals surface area contributed by atoms with Crippen molar-refractivity contribution in [2.75, 3.05) is 0 Å². The van der Waals surface area contributed by atoms with E-state index in [0.29, 0.717) is 0 Å². The van der Waals surface area contributed by atoms with Gasteiger partial charge in [-0.2, -0.15) is 0 Å². The topological polar surface area (TPSA) is 35.1 Å². The molecule has 5 rings (SSSR count). The molecule has 0 aliphatic rings. The van der Waals surface area contributed by atoms with Gasteiger partial charge in [0.1, 0.15) is 5.82 Å². The molecule has 3 heterocycles. The molecule has 28 heavy (non-hydrogen) atoms. The Bertz CT molecular complexity index is 1370. The van der Waals surface area contributed by atoms with E-state index in [4.69, 9.17) is 9.97 Å². The van der Waals surface area contributed by atoms with Gasteiger partial charge in [-0.05, 0) is 59.9 Å². The fraction of sp³-hybridized carbons (Fsp3) is 0.217. The number of benzene rings is 2. The molecule has 4 nitrogen and oxygen atoms in total. The predicted octanol–water partition coefficient (Wildman–Crippen LogP) is 6.19. The number of imidazole rings is 2. The summed E-state index contributed by atoms with van der Waals surface area (Å²) in [5.41, 5.74) is 6.83. The van der Waals surface area contributed by atoms with Crippen LogP contribution >= 0.6 is 15.9 Å². The van der Waals surface area contributed by atoms with Crippen LogP contribution in [0.25, 0.3) is 33.7 Å². The lowest BCUT2D eigenvalue weighted by molar-refractivity contribution is 0.588. The van der Waals surface area contributed by atoms with Crippen molar-refractivity contribution in [3.8, 4) is 5.82 Å².